The van der Waals surface area contributed by atoms with Gasteiger partial charge < -0.3 is 24.6 Å². The van der Waals surface area contributed by atoms with Gasteiger partial charge in [0.15, 0.2) is 5.96 Å². The predicted molar refractivity (Wildman–Crippen MR) is 94.8 cm³/mol. The molecule has 132 valence electrons. The number of aliphatic imine (C=N–C) groups is 1. The Balaban J connectivity index is 1.88. The van der Waals surface area contributed by atoms with Gasteiger partial charge in [-0.25, -0.2) is 0 Å². The number of rotatable bonds is 5. The molecule has 7 nitrogen and oxygen atoms in total. The van der Waals surface area contributed by atoms with Crippen molar-refractivity contribution in [3.63, 3.8) is 0 Å². The predicted octanol–water partition coefficient (Wildman–Crippen LogP) is 0.956. The first-order chi connectivity index (χ1) is 11.7. The van der Waals surface area contributed by atoms with Crippen LogP contribution in [-0.2, 0) is 9.53 Å². The summed E-state index contributed by atoms with van der Waals surface area (Å²) in [6.07, 6.45) is 0.330. The first-order valence-electron chi connectivity index (χ1n) is 8.10. The number of hydrogen-bond donors (Lipinski definition) is 1. The van der Waals surface area contributed by atoms with Crippen molar-refractivity contribution in [3.8, 4) is 5.75 Å². The van der Waals surface area contributed by atoms with E-state index in [1.165, 1.54) is 7.11 Å². The minimum Gasteiger partial charge on any atom is -0.495 e. The lowest BCUT2D eigenvalue weighted by molar-refractivity contribution is -0.140. The van der Waals surface area contributed by atoms with E-state index in [1.54, 1.807) is 14.2 Å². The molecule has 0 amide bonds. The standard InChI is InChI=1S/C17H26N4O3/c1-18-17(19-9-8-16(22)24-3)21-12-10-20(11-13-21)14-6-4-5-7-15(14)23-2/h4-7H,8-13H2,1-3H3,(H,18,19). The normalized spacial score (nSPS) is 15.2. The molecule has 7 heteroatoms. The van der Waals surface area contributed by atoms with Crippen LogP contribution in [0, 0.1) is 0 Å². The average Bonchev–Trinajstić information content (AvgIpc) is 2.65. The molecule has 1 aliphatic rings. The third kappa shape index (κ3) is 4.53. The van der Waals surface area contributed by atoms with Gasteiger partial charge in [0, 0.05) is 39.8 Å². The van der Waals surface area contributed by atoms with Crippen LogP contribution in [0.3, 0.4) is 0 Å². The monoisotopic (exact) mass is 334 g/mol. The molecule has 0 radical (unpaired) electrons. The summed E-state index contributed by atoms with van der Waals surface area (Å²) in [7, 11) is 4.85. The smallest absolute Gasteiger partial charge is 0.307 e. The summed E-state index contributed by atoms with van der Waals surface area (Å²) < 4.78 is 10.1. The van der Waals surface area contributed by atoms with Gasteiger partial charge >= 0.3 is 5.97 Å². The minimum absolute atomic E-state index is 0.223. The molecule has 0 unspecified atom stereocenters. The van der Waals surface area contributed by atoms with Crippen molar-refractivity contribution < 1.29 is 14.3 Å². The average molecular weight is 334 g/mol. The van der Waals surface area contributed by atoms with Crippen LogP contribution in [0.25, 0.3) is 0 Å². The van der Waals surface area contributed by atoms with E-state index in [4.69, 9.17) is 4.74 Å². The Labute approximate surface area is 143 Å². The Hall–Kier alpha value is -2.44. The number of esters is 1. The fraction of sp³-hybridized carbons (Fsp3) is 0.529. The van der Waals surface area contributed by atoms with E-state index >= 15 is 0 Å². The minimum atomic E-state index is -0.223. The third-order valence-electron chi connectivity index (χ3n) is 4.06. The number of para-hydroxylation sites is 2. The van der Waals surface area contributed by atoms with E-state index < -0.39 is 0 Å². The quantitative estimate of drug-likeness (QED) is 0.491. The first-order valence-corrected chi connectivity index (χ1v) is 8.10. The van der Waals surface area contributed by atoms with Crippen molar-refractivity contribution in [2.24, 2.45) is 4.99 Å². The van der Waals surface area contributed by atoms with E-state index in [-0.39, 0.29) is 5.97 Å². The van der Waals surface area contributed by atoms with Gasteiger partial charge in [-0.3, -0.25) is 9.79 Å². The molecule has 1 fully saturated rings. The van der Waals surface area contributed by atoms with E-state index in [2.05, 4.69) is 30.9 Å². The molecule has 1 saturated heterocycles. The Morgan fingerprint density at radius 1 is 1.21 bits per heavy atom. The van der Waals surface area contributed by atoms with Crippen LogP contribution >= 0.6 is 0 Å². The number of carbonyl (C=O) groups is 1. The Kier molecular flexibility index (Phi) is 6.72. The summed E-state index contributed by atoms with van der Waals surface area (Å²) in [4.78, 5) is 20.0. The summed E-state index contributed by atoms with van der Waals surface area (Å²) in [6, 6.07) is 8.07. The molecule has 0 aromatic heterocycles. The lowest BCUT2D eigenvalue weighted by Gasteiger charge is -2.38. The molecule has 0 aliphatic carbocycles. The molecule has 0 spiro atoms. The molecule has 1 heterocycles. The van der Waals surface area contributed by atoms with Crippen LogP contribution in [0.2, 0.25) is 0 Å². The molecular formula is C17H26N4O3. The Bertz CT molecular complexity index is 569. The van der Waals surface area contributed by atoms with Gasteiger partial charge in [0.1, 0.15) is 5.75 Å². The van der Waals surface area contributed by atoms with Gasteiger partial charge in [-0.05, 0) is 12.1 Å². The number of benzene rings is 1. The second-order valence-corrected chi connectivity index (χ2v) is 5.45. The zero-order chi connectivity index (χ0) is 17.4. The maximum atomic E-state index is 11.2. The molecule has 1 aromatic carbocycles. The number of anilines is 1. The Morgan fingerprint density at radius 2 is 1.92 bits per heavy atom. The van der Waals surface area contributed by atoms with Crippen molar-refractivity contribution >= 4 is 17.6 Å². The number of ether oxygens (including phenoxy) is 2. The number of guanidine groups is 1. The number of nitrogens with zero attached hydrogens (tertiary/aromatic N) is 3. The second kappa shape index (κ2) is 9.00. The highest BCUT2D eigenvalue weighted by molar-refractivity contribution is 5.81. The number of carbonyl (C=O) groups excluding carboxylic acids is 1. The molecule has 1 aliphatic heterocycles. The van der Waals surface area contributed by atoms with E-state index in [1.807, 2.05) is 18.2 Å². The molecule has 2 rings (SSSR count). The van der Waals surface area contributed by atoms with Crippen LogP contribution in [0.5, 0.6) is 5.75 Å². The molecule has 1 N–H and O–H groups in total. The summed E-state index contributed by atoms with van der Waals surface area (Å²) in [6.45, 7) is 4.01. The van der Waals surface area contributed by atoms with Crippen molar-refractivity contribution in [1.82, 2.24) is 10.2 Å². The zero-order valence-electron chi connectivity index (χ0n) is 14.6. The highest BCUT2D eigenvalue weighted by atomic mass is 16.5. The van der Waals surface area contributed by atoms with Gasteiger partial charge in [0.2, 0.25) is 0 Å². The highest BCUT2D eigenvalue weighted by Gasteiger charge is 2.21. The third-order valence-corrected chi connectivity index (χ3v) is 4.06. The SMILES string of the molecule is CN=C(NCCC(=O)OC)N1CCN(c2ccccc2OC)CC1. The van der Waals surface area contributed by atoms with Crippen molar-refractivity contribution in [2.75, 3.05) is 58.9 Å². The van der Waals surface area contributed by atoms with Gasteiger partial charge in [0.05, 0.1) is 26.3 Å². The van der Waals surface area contributed by atoms with Gasteiger partial charge in [-0.1, -0.05) is 12.1 Å². The van der Waals surface area contributed by atoms with E-state index in [0.717, 1.165) is 43.6 Å². The van der Waals surface area contributed by atoms with Crippen molar-refractivity contribution in [2.45, 2.75) is 6.42 Å². The highest BCUT2D eigenvalue weighted by Crippen LogP contribution is 2.28. The van der Waals surface area contributed by atoms with Crippen LogP contribution < -0.4 is 15.0 Å². The van der Waals surface area contributed by atoms with E-state index in [9.17, 15) is 4.79 Å². The fourth-order valence-corrected chi connectivity index (χ4v) is 2.76. The summed E-state index contributed by atoms with van der Waals surface area (Å²) >= 11 is 0. The second-order valence-electron chi connectivity index (χ2n) is 5.45. The first kappa shape index (κ1) is 17.9. The lowest BCUT2D eigenvalue weighted by Crippen LogP contribution is -2.52. The maximum absolute atomic E-state index is 11.2. The van der Waals surface area contributed by atoms with Crippen LogP contribution in [0.4, 0.5) is 5.69 Å². The summed E-state index contributed by atoms with van der Waals surface area (Å²) in [5, 5.41) is 3.21. The maximum Gasteiger partial charge on any atom is 0.307 e. The van der Waals surface area contributed by atoms with Crippen molar-refractivity contribution in [1.29, 1.82) is 0 Å². The van der Waals surface area contributed by atoms with E-state index in [0.29, 0.717) is 13.0 Å². The lowest BCUT2D eigenvalue weighted by atomic mass is 10.2. The largest absolute Gasteiger partial charge is 0.495 e. The van der Waals surface area contributed by atoms with Crippen LogP contribution in [0.1, 0.15) is 6.42 Å². The number of hydrogen-bond acceptors (Lipinski definition) is 5. The van der Waals surface area contributed by atoms with Gasteiger partial charge in [-0.2, -0.15) is 0 Å². The topological polar surface area (TPSA) is 66.4 Å². The van der Waals surface area contributed by atoms with Gasteiger partial charge in [-0.15, -0.1) is 0 Å². The number of piperazine rings is 1. The number of nitrogens with one attached hydrogen (secondary N) is 1. The molecule has 24 heavy (non-hydrogen) atoms. The molecule has 0 bridgehead atoms. The Morgan fingerprint density at radius 3 is 2.54 bits per heavy atom. The molecule has 0 saturated carbocycles. The molecule has 0 atom stereocenters. The van der Waals surface area contributed by atoms with Crippen molar-refractivity contribution in [3.05, 3.63) is 24.3 Å². The summed E-state index contributed by atoms with van der Waals surface area (Å²) in [5.41, 5.74) is 1.12. The zero-order valence-corrected chi connectivity index (χ0v) is 14.6. The molecular weight excluding hydrogens is 308 g/mol. The molecule has 1 aromatic rings. The fourth-order valence-electron chi connectivity index (χ4n) is 2.76. The van der Waals surface area contributed by atoms with Crippen LogP contribution in [-0.4, -0.2) is 70.8 Å². The van der Waals surface area contributed by atoms with Gasteiger partial charge in [0.25, 0.3) is 0 Å². The summed E-state index contributed by atoms with van der Waals surface area (Å²) in [5.74, 6) is 1.49. The number of methoxy groups -OCH3 is 2. The van der Waals surface area contributed by atoms with Crippen LogP contribution in [0.15, 0.2) is 29.3 Å².